The first kappa shape index (κ1) is 30.5. The smallest absolute Gasteiger partial charge is 0.475 e. The van der Waals surface area contributed by atoms with Crippen LogP contribution in [0.3, 0.4) is 0 Å². The molecule has 0 unspecified atom stereocenters. The van der Waals surface area contributed by atoms with E-state index >= 15 is 0 Å². The van der Waals surface area contributed by atoms with Crippen molar-refractivity contribution in [2.45, 2.75) is 38.0 Å². The molecule has 0 bridgehead atoms. The second-order valence-electron chi connectivity index (χ2n) is 8.49. The number of aromatic amines is 1. The number of aromatic nitrogens is 3. The molecular formula is C23H18F7N5O4. The summed E-state index contributed by atoms with van der Waals surface area (Å²) in [6.45, 7) is 4.11. The number of nitrogens with two attached hydrogens (primary N) is 1. The van der Waals surface area contributed by atoms with Crippen LogP contribution in [-0.2, 0) is 21.4 Å². The highest BCUT2D eigenvalue weighted by Crippen LogP contribution is 2.48. The topological polar surface area (TPSA) is 166 Å². The second-order valence-corrected chi connectivity index (χ2v) is 8.49. The number of nitriles is 1. The van der Waals surface area contributed by atoms with E-state index in [0.29, 0.717) is 23.2 Å². The molecule has 0 spiro atoms. The van der Waals surface area contributed by atoms with Gasteiger partial charge >= 0.3 is 24.3 Å². The fourth-order valence-electron chi connectivity index (χ4n) is 3.69. The van der Waals surface area contributed by atoms with Crippen LogP contribution < -0.4 is 5.73 Å². The Labute approximate surface area is 214 Å². The van der Waals surface area contributed by atoms with Crippen LogP contribution in [0, 0.1) is 17.1 Å². The van der Waals surface area contributed by atoms with Crippen molar-refractivity contribution in [3.05, 3.63) is 53.1 Å². The van der Waals surface area contributed by atoms with Gasteiger partial charge in [0.05, 0.1) is 11.9 Å². The van der Waals surface area contributed by atoms with Crippen LogP contribution in [0.25, 0.3) is 22.4 Å². The molecule has 208 valence electrons. The van der Waals surface area contributed by atoms with Gasteiger partial charge in [-0.05, 0) is 23.5 Å². The summed E-state index contributed by atoms with van der Waals surface area (Å²) in [6.07, 6.45) is -7.78. The Bertz CT molecular complexity index is 1420. The van der Waals surface area contributed by atoms with Gasteiger partial charge in [-0.3, -0.25) is 5.10 Å². The molecule has 1 aromatic carbocycles. The third-order valence-electron chi connectivity index (χ3n) is 5.23. The van der Waals surface area contributed by atoms with Crippen LogP contribution in [0.15, 0.2) is 30.5 Å². The predicted octanol–water partition coefficient (Wildman–Crippen LogP) is 4.83. The number of pyridine rings is 1. The summed E-state index contributed by atoms with van der Waals surface area (Å²) in [5.41, 5.74) is 10.1. The van der Waals surface area contributed by atoms with Crippen LogP contribution >= 0.6 is 0 Å². The largest absolute Gasteiger partial charge is 0.490 e. The number of H-pyrrole nitrogens is 1. The average molecular weight is 561 g/mol. The molecule has 1 aliphatic carbocycles. The molecule has 2 aromatic heterocycles. The van der Waals surface area contributed by atoms with Gasteiger partial charge in [-0.15, -0.1) is 0 Å². The number of rotatable bonds is 1. The van der Waals surface area contributed by atoms with E-state index in [9.17, 15) is 36.0 Å². The maximum Gasteiger partial charge on any atom is 0.490 e. The molecule has 0 aliphatic heterocycles. The monoisotopic (exact) mass is 561 g/mol. The highest BCUT2D eigenvalue weighted by atomic mass is 19.4. The van der Waals surface area contributed by atoms with Crippen molar-refractivity contribution in [3.8, 4) is 28.5 Å². The lowest BCUT2D eigenvalue weighted by molar-refractivity contribution is -0.193. The van der Waals surface area contributed by atoms with Crippen molar-refractivity contribution in [2.75, 3.05) is 5.73 Å². The Kier molecular flexibility index (Phi) is 8.59. The summed E-state index contributed by atoms with van der Waals surface area (Å²) in [5.74, 6) is -5.80. The van der Waals surface area contributed by atoms with Gasteiger partial charge in [0, 0.05) is 22.4 Å². The standard InChI is InChI=1S/C19H16FN5.2C2HF3O2/c1-19(2)7-14-12(9-23-25-14)17-16(19)15(11(8-21)18(22)24-17)10-5-3-4-6-13(10)20;2*3-2(4,5)1(6)7/h3-6,9H,7H2,1-2H3,(H2,22,24)(H,23,25);2*(H,6,7). The number of hydrogen-bond donors (Lipinski definition) is 4. The Hall–Kier alpha value is -4.68. The molecule has 0 fully saturated rings. The van der Waals surface area contributed by atoms with E-state index in [1.807, 2.05) is 0 Å². The first-order valence-corrected chi connectivity index (χ1v) is 10.4. The lowest BCUT2D eigenvalue weighted by atomic mass is 9.70. The Balaban J connectivity index is 0.000000317. The lowest BCUT2D eigenvalue weighted by Gasteiger charge is -2.34. The maximum atomic E-state index is 14.6. The van der Waals surface area contributed by atoms with Gasteiger partial charge in [-0.25, -0.2) is 19.0 Å². The van der Waals surface area contributed by atoms with E-state index in [-0.39, 0.29) is 22.6 Å². The lowest BCUT2D eigenvalue weighted by Crippen LogP contribution is -2.28. The number of halogens is 7. The van der Waals surface area contributed by atoms with E-state index in [1.165, 1.54) is 6.07 Å². The zero-order valence-electron chi connectivity index (χ0n) is 19.9. The van der Waals surface area contributed by atoms with Crippen LogP contribution in [0.1, 0.15) is 30.7 Å². The molecule has 9 nitrogen and oxygen atoms in total. The van der Waals surface area contributed by atoms with Crippen LogP contribution in [0.5, 0.6) is 0 Å². The minimum Gasteiger partial charge on any atom is -0.475 e. The van der Waals surface area contributed by atoms with Gasteiger partial charge < -0.3 is 15.9 Å². The number of alkyl halides is 6. The molecule has 0 atom stereocenters. The molecule has 0 amide bonds. The zero-order chi connectivity index (χ0) is 29.9. The molecule has 3 aromatic rings. The summed E-state index contributed by atoms with van der Waals surface area (Å²) in [5, 5.41) is 31.0. The number of nitrogens with one attached hydrogen (secondary N) is 1. The Morgan fingerprint density at radius 3 is 2.03 bits per heavy atom. The summed E-state index contributed by atoms with van der Waals surface area (Å²) in [7, 11) is 0. The minimum absolute atomic E-state index is 0.101. The summed E-state index contributed by atoms with van der Waals surface area (Å²) >= 11 is 0. The van der Waals surface area contributed by atoms with Gasteiger partial charge in [-0.2, -0.15) is 36.7 Å². The van der Waals surface area contributed by atoms with E-state index in [4.69, 9.17) is 25.5 Å². The number of fused-ring (bicyclic) bond motifs is 3. The van der Waals surface area contributed by atoms with Crippen molar-refractivity contribution >= 4 is 17.8 Å². The SMILES string of the molecule is CC1(C)Cc2[nH]ncc2-c2nc(N)c(C#N)c(-c3ccccc3F)c21.O=C(O)C(F)(F)F.O=C(O)C(F)(F)F. The molecular weight excluding hydrogens is 543 g/mol. The number of aliphatic carboxylic acids is 2. The Morgan fingerprint density at radius 1 is 1.05 bits per heavy atom. The number of benzene rings is 1. The molecule has 4 rings (SSSR count). The average Bonchev–Trinajstić information content (AvgIpc) is 3.26. The molecule has 0 saturated heterocycles. The molecule has 16 heteroatoms. The molecule has 0 radical (unpaired) electrons. The number of carboxylic acids is 2. The summed E-state index contributed by atoms with van der Waals surface area (Å²) < 4.78 is 78.1. The molecule has 1 aliphatic rings. The normalized spacial score (nSPS) is 13.3. The Morgan fingerprint density at radius 2 is 1.56 bits per heavy atom. The predicted molar refractivity (Wildman–Crippen MR) is 120 cm³/mol. The third kappa shape index (κ3) is 6.80. The maximum absolute atomic E-state index is 14.6. The fourth-order valence-corrected chi connectivity index (χ4v) is 3.69. The molecule has 2 heterocycles. The zero-order valence-corrected chi connectivity index (χ0v) is 19.9. The van der Waals surface area contributed by atoms with Gasteiger partial charge in [0.15, 0.2) is 0 Å². The van der Waals surface area contributed by atoms with E-state index in [2.05, 4.69) is 35.1 Å². The van der Waals surface area contributed by atoms with Crippen LogP contribution in [0.4, 0.5) is 36.6 Å². The van der Waals surface area contributed by atoms with E-state index in [0.717, 1.165) is 16.8 Å². The number of carboxylic acid groups (broad SMARTS) is 2. The molecule has 5 N–H and O–H groups in total. The van der Waals surface area contributed by atoms with Crippen molar-refractivity contribution in [3.63, 3.8) is 0 Å². The summed E-state index contributed by atoms with van der Waals surface area (Å²) in [6, 6.07) is 8.56. The van der Waals surface area contributed by atoms with Crippen LogP contribution in [-0.4, -0.2) is 49.7 Å². The quantitative estimate of drug-likeness (QED) is 0.307. The second kappa shape index (κ2) is 11.0. The van der Waals surface area contributed by atoms with Gasteiger partial charge in [0.2, 0.25) is 0 Å². The number of carbonyl (C=O) groups is 2. The van der Waals surface area contributed by atoms with Crippen molar-refractivity contribution in [1.29, 1.82) is 5.26 Å². The van der Waals surface area contributed by atoms with Gasteiger partial charge in [0.1, 0.15) is 23.3 Å². The fraction of sp³-hybridized carbons (Fsp3) is 0.261. The first-order chi connectivity index (χ1) is 17.8. The molecule has 0 saturated carbocycles. The van der Waals surface area contributed by atoms with Crippen molar-refractivity contribution in [1.82, 2.24) is 15.2 Å². The minimum atomic E-state index is -5.08. The van der Waals surface area contributed by atoms with Crippen molar-refractivity contribution in [2.24, 2.45) is 0 Å². The number of hydrogen-bond acceptors (Lipinski definition) is 6. The molecule has 39 heavy (non-hydrogen) atoms. The van der Waals surface area contributed by atoms with Crippen molar-refractivity contribution < 1.29 is 50.5 Å². The van der Waals surface area contributed by atoms with Gasteiger partial charge in [-0.1, -0.05) is 32.0 Å². The number of nitrogen functional groups attached to an aromatic ring is 1. The van der Waals surface area contributed by atoms with E-state index in [1.54, 1.807) is 24.4 Å². The summed E-state index contributed by atoms with van der Waals surface area (Å²) in [4.78, 5) is 22.3. The third-order valence-corrected chi connectivity index (χ3v) is 5.23. The highest BCUT2D eigenvalue weighted by molar-refractivity contribution is 5.87. The van der Waals surface area contributed by atoms with Crippen LogP contribution in [0.2, 0.25) is 0 Å². The number of nitrogens with zero attached hydrogens (tertiary/aromatic N) is 3. The highest BCUT2D eigenvalue weighted by Gasteiger charge is 2.39. The van der Waals surface area contributed by atoms with E-state index < -0.39 is 24.3 Å². The van der Waals surface area contributed by atoms with Gasteiger partial charge in [0.25, 0.3) is 0 Å². The first-order valence-electron chi connectivity index (χ1n) is 10.4. The number of anilines is 1.